The molecular weight excluding hydrogens is 488 g/mol. The number of rotatable bonds is 9. The van der Waals surface area contributed by atoms with E-state index in [1.54, 1.807) is 69.5 Å². The van der Waals surface area contributed by atoms with E-state index in [2.05, 4.69) is 22.3 Å². The largest absolute Gasteiger partial charge is 0.497 e. The van der Waals surface area contributed by atoms with E-state index in [4.69, 9.17) is 21.1 Å². The van der Waals surface area contributed by atoms with E-state index in [0.29, 0.717) is 21.9 Å². The molecule has 1 aliphatic heterocycles. The van der Waals surface area contributed by atoms with Gasteiger partial charge < -0.3 is 14.8 Å². The maximum absolute atomic E-state index is 13.0. The lowest BCUT2D eigenvalue weighted by Crippen LogP contribution is -2.52. The monoisotopic (exact) mass is 520 g/mol. The highest BCUT2D eigenvalue weighted by Crippen LogP contribution is 2.22. The lowest BCUT2D eigenvalue weighted by Gasteiger charge is -2.34. The van der Waals surface area contributed by atoms with Crippen LogP contribution < -0.4 is 14.8 Å². The van der Waals surface area contributed by atoms with Gasteiger partial charge in [0.05, 0.1) is 7.11 Å². The van der Waals surface area contributed by atoms with E-state index in [1.165, 1.54) is 5.56 Å². The minimum atomic E-state index is -1.05. The number of carbonyl (C=O) groups is 2. The van der Waals surface area contributed by atoms with Gasteiger partial charge in [0.1, 0.15) is 11.5 Å². The molecule has 0 spiro atoms. The van der Waals surface area contributed by atoms with Gasteiger partial charge in [0.15, 0.2) is 11.4 Å². The summed E-state index contributed by atoms with van der Waals surface area (Å²) in [4.78, 5) is 28.1. The second-order valence-corrected chi connectivity index (χ2v) is 10.3. The van der Waals surface area contributed by atoms with Crippen LogP contribution in [0.4, 0.5) is 0 Å². The first-order valence-corrected chi connectivity index (χ1v) is 12.9. The Balaban J connectivity index is 1.26. The summed E-state index contributed by atoms with van der Waals surface area (Å²) in [7, 11) is 1.67. The molecule has 0 aromatic heterocycles. The average Bonchev–Trinajstić information content (AvgIpc) is 2.90. The normalized spacial score (nSPS) is 14.7. The first-order valence-electron chi connectivity index (χ1n) is 12.5. The Bertz CT molecular complexity index is 1200. The number of halogens is 1. The van der Waals surface area contributed by atoms with Gasteiger partial charge in [0, 0.05) is 41.8 Å². The molecule has 3 aromatic rings. The molecule has 37 heavy (non-hydrogen) atoms. The first kappa shape index (κ1) is 26.7. The average molecular weight is 521 g/mol. The SMILES string of the molecule is COc1ccc(CN2CCC(NC(=O)C(C)(C)Oc3ccc(C(=O)c4ccc(Cl)cc4)cc3)CC2)cc1. The summed E-state index contributed by atoms with van der Waals surface area (Å²) >= 11 is 5.91. The van der Waals surface area contributed by atoms with Gasteiger partial charge >= 0.3 is 0 Å². The zero-order valence-corrected chi connectivity index (χ0v) is 22.3. The van der Waals surface area contributed by atoms with Crippen LogP contribution in [0.2, 0.25) is 5.02 Å². The van der Waals surface area contributed by atoms with Crippen molar-refractivity contribution >= 4 is 23.3 Å². The molecule has 0 saturated carbocycles. The second-order valence-electron chi connectivity index (χ2n) is 9.84. The summed E-state index contributed by atoms with van der Waals surface area (Å²) in [5.41, 5.74) is 1.30. The van der Waals surface area contributed by atoms with Crippen LogP contribution in [-0.2, 0) is 11.3 Å². The lowest BCUT2D eigenvalue weighted by atomic mass is 10.0. The molecule has 0 aliphatic carbocycles. The van der Waals surface area contributed by atoms with Crippen LogP contribution in [0.3, 0.4) is 0 Å². The number of hydrogen-bond acceptors (Lipinski definition) is 5. The molecule has 1 amide bonds. The van der Waals surface area contributed by atoms with E-state index in [9.17, 15) is 9.59 Å². The van der Waals surface area contributed by atoms with Crippen molar-refractivity contribution in [2.24, 2.45) is 0 Å². The topological polar surface area (TPSA) is 67.9 Å². The van der Waals surface area contributed by atoms with Gasteiger partial charge in [-0.05, 0) is 92.9 Å². The number of methoxy groups -OCH3 is 1. The molecular formula is C30H33ClN2O4. The fourth-order valence-electron chi connectivity index (χ4n) is 4.37. The highest BCUT2D eigenvalue weighted by molar-refractivity contribution is 6.30. The van der Waals surface area contributed by atoms with E-state index >= 15 is 0 Å². The molecule has 3 aromatic carbocycles. The Labute approximate surface area is 223 Å². The van der Waals surface area contributed by atoms with Crippen molar-refractivity contribution in [1.82, 2.24) is 10.2 Å². The van der Waals surface area contributed by atoms with Crippen LogP contribution in [0.15, 0.2) is 72.8 Å². The number of nitrogens with zero attached hydrogens (tertiary/aromatic N) is 1. The van der Waals surface area contributed by atoms with Crippen LogP contribution in [0.1, 0.15) is 48.2 Å². The lowest BCUT2D eigenvalue weighted by molar-refractivity contribution is -0.135. The molecule has 4 rings (SSSR count). The highest BCUT2D eigenvalue weighted by atomic mass is 35.5. The van der Waals surface area contributed by atoms with Crippen molar-refractivity contribution < 1.29 is 19.1 Å². The van der Waals surface area contributed by atoms with Crippen molar-refractivity contribution in [3.8, 4) is 11.5 Å². The number of amides is 1. The molecule has 1 saturated heterocycles. The second kappa shape index (κ2) is 11.8. The van der Waals surface area contributed by atoms with Crippen LogP contribution in [-0.4, -0.2) is 48.4 Å². The third kappa shape index (κ3) is 7.12. The molecule has 1 heterocycles. The predicted molar refractivity (Wildman–Crippen MR) is 145 cm³/mol. The number of likely N-dealkylation sites (tertiary alicyclic amines) is 1. The Hall–Kier alpha value is -3.35. The molecule has 0 unspecified atom stereocenters. The smallest absolute Gasteiger partial charge is 0.263 e. The summed E-state index contributed by atoms with van der Waals surface area (Å²) in [5.74, 6) is 1.14. The summed E-state index contributed by atoms with van der Waals surface area (Å²) in [6.07, 6.45) is 1.78. The van der Waals surface area contributed by atoms with Gasteiger partial charge in [-0.1, -0.05) is 23.7 Å². The Morgan fingerprint density at radius 1 is 0.892 bits per heavy atom. The van der Waals surface area contributed by atoms with Gasteiger partial charge in [-0.2, -0.15) is 0 Å². The Morgan fingerprint density at radius 3 is 2.00 bits per heavy atom. The van der Waals surface area contributed by atoms with Gasteiger partial charge in [0.25, 0.3) is 5.91 Å². The molecule has 0 bridgehead atoms. The number of hydrogen-bond donors (Lipinski definition) is 1. The van der Waals surface area contributed by atoms with Crippen LogP contribution in [0.25, 0.3) is 0 Å². The summed E-state index contributed by atoms with van der Waals surface area (Å²) in [6.45, 7) is 6.24. The third-order valence-corrected chi connectivity index (χ3v) is 6.88. The minimum absolute atomic E-state index is 0.0986. The molecule has 7 heteroatoms. The molecule has 1 fully saturated rings. The predicted octanol–water partition coefficient (Wildman–Crippen LogP) is 5.52. The Kier molecular flexibility index (Phi) is 8.52. The number of ketones is 1. The maximum atomic E-state index is 13.0. The zero-order chi connectivity index (χ0) is 26.4. The number of carbonyl (C=O) groups excluding carboxylic acids is 2. The standard InChI is InChI=1S/C30H33ClN2O4/c1-30(2,37-27-14-8-23(9-15-27)28(34)22-6-10-24(31)11-7-22)29(35)32-25-16-18-33(19-17-25)20-21-4-12-26(36-3)13-5-21/h4-15,25H,16-20H2,1-3H3,(H,32,35). The Morgan fingerprint density at radius 2 is 1.43 bits per heavy atom. The fourth-order valence-corrected chi connectivity index (χ4v) is 4.49. The van der Waals surface area contributed by atoms with Crippen LogP contribution in [0, 0.1) is 0 Å². The van der Waals surface area contributed by atoms with Crippen LogP contribution in [0.5, 0.6) is 11.5 Å². The van der Waals surface area contributed by atoms with E-state index < -0.39 is 5.60 Å². The van der Waals surface area contributed by atoms with E-state index in [0.717, 1.165) is 38.2 Å². The summed E-state index contributed by atoms with van der Waals surface area (Å²) < 4.78 is 11.2. The highest BCUT2D eigenvalue weighted by Gasteiger charge is 2.32. The van der Waals surface area contributed by atoms with Crippen molar-refractivity contribution in [2.75, 3.05) is 20.2 Å². The van der Waals surface area contributed by atoms with Crippen molar-refractivity contribution in [3.05, 3.63) is 94.5 Å². The summed E-state index contributed by atoms with van der Waals surface area (Å²) in [6, 6.07) is 21.9. The molecule has 0 radical (unpaired) electrons. The van der Waals surface area contributed by atoms with Gasteiger partial charge in [-0.15, -0.1) is 0 Å². The van der Waals surface area contributed by atoms with Gasteiger partial charge in [0.2, 0.25) is 0 Å². The maximum Gasteiger partial charge on any atom is 0.263 e. The van der Waals surface area contributed by atoms with Crippen molar-refractivity contribution in [2.45, 2.75) is 44.9 Å². The quantitative estimate of drug-likeness (QED) is 0.376. The third-order valence-electron chi connectivity index (χ3n) is 6.63. The first-order chi connectivity index (χ1) is 17.7. The summed E-state index contributed by atoms with van der Waals surface area (Å²) in [5, 5.41) is 3.75. The van der Waals surface area contributed by atoms with E-state index in [1.807, 2.05) is 12.1 Å². The molecule has 1 aliphatic rings. The fraction of sp³-hybridized carbons (Fsp3) is 0.333. The zero-order valence-electron chi connectivity index (χ0n) is 21.5. The van der Waals surface area contributed by atoms with Gasteiger partial charge in [-0.3, -0.25) is 14.5 Å². The molecule has 1 N–H and O–H groups in total. The van der Waals surface area contributed by atoms with E-state index in [-0.39, 0.29) is 17.7 Å². The minimum Gasteiger partial charge on any atom is -0.497 e. The molecule has 194 valence electrons. The molecule has 0 atom stereocenters. The van der Waals surface area contributed by atoms with Crippen molar-refractivity contribution in [3.63, 3.8) is 0 Å². The number of benzene rings is 3. The number of ether oxygens (including phenoxy) is 2. The van der Waals surface area contributed by atoms with Crippen LogP contribution >= 0.6 is 11.6 Å². The number of piperidine rings is 1. The molecule has 6 nitrogen and oxygen atoms in total. The van der Waals surface area contributed by atoms with Crippen molar-refractivity contribution in [1.29, 1.82) is 0 Å². The number of nitrogens with one attached hydrogen (secondary N) is 1. The van der Waals surface area contributed by atoms with Gasteiger partial charge in [-0.25, -0.2) is 0 Å².